The summed E-state index contributed by atoms with van der Waals surface area (Å²) in [6.45, 7) is 0. The highest BCUT2D eigenvalue weighted by Gasteiger charge is 2.57. The Morgan fingerprint density at radius 1 is 1.00 bits per heavy atom. The Kier molecular flexibility index (Phi) is 4.56. The molecule has 0 amide bonds. The monoisotopic (exact) mass is 456 g/mol. The largest absolute Gasteiger partial charge is 0.379 e. The van der Waals surface area contributed by atoms with Crippen LogP contribution in [-0.4, -0.2) is 22.1 Å². The predicted molar refractivity (Wildman–Crippen MR) is 125 cm³/mol. The topological polar surface area (TPSA) is 51.5 Å². The highest BCUT2D eigenvalue weighted by Crippen LogP contribution is 2.47. The summed E-state index contributed by atoms with van der Waals surface area (Å²) in [5.41, 5.74) is 3.17. The number of aryl methyl sites for hydroxylation is 1. The molecule has 1 aliphatic carbocycles. The summed E-state index contributed by atoms with van der Waals surface area (Å²) >= 11 is 6.08. The maximum Gasteiger partial charge on any atom is 0.212 e. The van der Waals surface area contributed by atoms with E-state index in [9.17, 15) is 9.18 Å². The zero-order valence-electron chi connectivity index (χ0n) is 17.5. The number of halogens is 2. The van der Waals surface area contributed by atoms with E-state index in [1.165, 1.54) is 12.1 Å². The van der Waals surface area contributed by atoms with Gasteiger partial charge in [0.15, 0.2) is 0 Å². The summed E-state index contributed by atoms with van der Waals surface area (Å²) in [7, 11) is 0. The van der Waals surface area contributed by atoms with Gasteiger partial charge in [-0.25, -0.2) is 4.39 Å². The number of aromatic nitrogens is 1. The van der Waals surface area contributed by atoms with Crippen molar-refractivity contribution in [1.82, 2.24) is 4.98 Å². The number of oxime groups is 1. The molecule has 3 aromatic carbocycles. The zero-order chi connectivity index (χ0) is 22.6. The minimum Gasteiger partial charge on any atom is -0.379 e. The highest BCUT2D eigenvalue weighted by atomic mass is 35.5. The van der Waals surface area contributed by atoms with Gasteiger partial charge in [-0.3, -0.25) is 9.78 Å². The first-order chi connectivity index (χ1) is 16.0. The van der Waals surface area contributed by atoms with Crippen LogP contribution in [0, 0.1) is 5.82 Å². The number of nitrogens with zero attached hydrogens (tertiary/aromatic N) is 2. The van der Waals surface area contributed by atoms with Gasteiger partial charge in [0.05, 0.1) is 22.8 Å². The number of carbonyl (C=O) groups excluding carboxylic acids is 1. The van der Waals surface area contributed by atoms with Gasteiger partial charge in [-0.15, -0.1) is 0 Å². The lowest BCUT2D eigenvalue weighted by Crippen LogP contribution is -2.48. The molecule has 4 nitrogen and oxygen atoms in total. The van der Waals surface area contributed by atoms with Crippen molar-refractivity contribution in [3.8, 4) is 0 Å². The molecule has 162 valence electrons. The molecule has 2 aliphatic rings. The van der Waals surface area contributed by atoms with E-state index < -0.39 is 11.5 Å². The van der Waals surface area contributed by atoms with E-state index in [0.717, 1.165) is 27.7 Å². The number of hydrogen-bond donors (Lipinski definition) is 0. The maximum absolute atomic E-state index is 14.0. The SMILES string of the molecule is O=C1c2cc3ccccc3nc2CC[C@]12ON=C(c1ccc(Cl)cc1)[C@H]2c1ccc(F)cc1. The Labute approximate surface area is 194 Å². The van der Waals surface area contributed by atoms with Gasteiger partial charge in [-0.05, 0) is 48.4 Å². The van der Waals surface area contributed by atoms with E-state index >= 15 is 0 Å². The fraction of sp³-hybridized carbons (Fsp3) is 0.148. The van der Waals surface area contributed by atoms with Crippen LogP contribution < -0.4 is 0 Å². The first-order valence-corrected chi connectivity index (χ1v) is 11.1. The number of ketones is 1. The molecule has 0 saturated heterocycles. The average molecular weight is 457 g/mol. The van der Waals surface area contributed by atoms with Crippen LogP contribution in [0.2, 0.25) is 5.02 Å². The van der Waals surface area contributed by atoms with Gasteiger partial charge in [0, 0.05) is 28.0 Å². The summed E-state index contributed by atoms with van der Waals surface area (Å²) in [6, 6.07) is 23.1. The van der Waals surface area contributed by atoms with E-state index in [2.05, 4.69) is 5.16 Å². The quantitative estimate of drug-likeness (QED) is 0.365. The molecule has 1 spiro atoms. The number of carbonyl (C=O) groups is 1. The first kappa shape index (κ1) is 20.1. The molecule has 2 heterocycles. The molecule has 2 atom stereocenters. The number of para-hydroxylation sites is 1. The third kappa shape index (κ3) is 3.15. The fourth-order valence-electron chi connectivity index (χ4n) is 4.93. The van der Waals surface area contributed by atoms with Crippen molar-refractivity contribution in [2.75, 3.05) is 0 Å². The minimum atomic E-state index is -1.22. The number of Topliss-reactive ketones (excluding diaryl/α,β-unsaturated/α-hetero) is 1. The zero-order valence-corrected chi connectivity index (χ0v) is 18.2. The smallest absolute Gasteiger partial charge is 0.212 e. The third-order valence-electron chi connectivity index (χ3n) is 6.56. The van der Waals surface area contributed by atoms with Gasteiger partial charge >= 0.3 is 0 Å². The van der Waals surface area contributed by atoms with Gasteiger partial charge < -0.3 is 4.84 Å². The molecule has 1 aliphatic heterocycles. The molecule has 0 radical (unpaired) electrons. The van der Waals surface area contributed by atoms with Crippen molar-refractivity contribution < 1.29 is 14.0 Å². The summed E-state index contributed by atoms with van der Waals surface area (Å²) < 4.78 is 13.7. The van der Waals surface area contributed by atoms with Crippen LogP contribution in [0.3, 0.4) is 0 Å². The number of fused-ring (bicyclic) bond motifs is 2. The van der Waals surface area contributed by atoms with Crippen molar-refractivity contribution >= 4 is 34.0 Å². The molecule has 1 aromatic heterocycles. The number of pyridine rings is 1. The predicted octanol–water partition coefficient (Wildman–Crippen LogP) is 6.11. The average Bonchev–Trinajstić information content (AvgIpc) is 3.22. The Hall–Kier alpha value is -3.57. The van der Waals surface area contributed by atoms with Crippen molar-refractivity contribution in [3.63, 3.8) is 0 Å². The van der Waals surface area contributed by atoms with Crippen LogP contribution in [0.5, 0.6) is 0 Å². The normalized spacial score (nSPS) is 21.7. The van der Waals surface area contributed by atoms with Crippen molar-refractivity contribution in [1.29, 1.82) is 0 Å². The molecular formula is C27H18ClFN2O2. The van der Waals surface area contributed by atoms with Crippen LogP contribution in [-0.2, 0) is 11.3 Å². The summed E-state index contributed by atoms with van der Waals surface area (Å²) in [6.07, 6.45) is 1.000. The van der Waals surface area contributed by atoms with Crippen molar-refractivity contribution in [3.05, 3.63) is 112 Å². The summed E-state index contributed by atoms with van der Waals surface area (Å²) in [5.74, 6) is -0.983. The summed E-state index contributed by atoms with van der Waals surface area (Å²) in [4.78, 5) is 24.8. The van der Waals surface area contributed by atoms with E-state index in [-0.39, 0.29) is 11.6 Å². The first-order valence-electron chi connectivity index (χ1n) is 10.8. The van der Waals surface area contributed by atoms with Crippen LogP contribution >= 0.6 is 11.6 Å². The molecule has 0 unspecified atom stereocenters. The Bertz CT molecular complexity index is 1430. The van der Waals surface area contributed by atoms with Crippen LogP contribution in [0.15, 0.2) is 84.0 Å². The molecule has 0 bridgehead atoms. The van der Waals surface area contributed by atoms with Gasteiger partial charge in [0.25, 0.3) is 0 Å². The van der Waals surface area contributed by atoms with E-state index in [1.54, 1.807) is 24.3 Å². The number of rotatable bonds is 2. The Morgan fingerprint density at radius 2 is 1.76 bits per heavy atom. The lowest BCUT2D eigenvalue weighted by molar-refractivity contribution is -0.0198. The van der Waals surface area contributed by atoms with Crippen LogP contribution in [0.4, 0.5) is 4.39 Å². The molecule has 0 N–H and O–H groups in total. The second-order valence-electron chi connectivity index (χ2n) is 8.45. The van der Waals surface area contributed by atoms with Crippen molar-refractivity contribution in [2.45, 2.75) is 24.4 Å². The van der Waals surface area contributed by atoms with Gasteiger partial charge in [0.2, 0.25) is 11.4 Å². The Balaban J connectivity index is 1.50. The van der Waals surface area contributed by atoms with Gasteiger partial charge in [0.1, 0.15) is 5.82 Å². The Morgan fingerprint density at radius 3 is 2.55 bits per heavy atom. The van der Waals surface area contributed by atoms with Gasteiger partial charge in [-0.1, -0.05) is 59.2 Å². The van der Waals surface area contributed by atoms with E-state index in [4.69, 9.17) is 21.4 Å². The van der Waals surface area contributed by atoms with Gasteiger partial charge in [-0.2, -0.15) is 0 Å². The van der Waals surface area contributed by atoms with E-state index in [0.29, 0.717) is 29.1 Å². The second kappa shape index (κ2) is 7.49. The van der Waals surface area contributed by atoms with Crippen molar-refractivity contribution in [2.24, 2.45) is 5.16 Å². The third-order valence-corrected chi connectivity index (χ3v) is 6.81. The molecule has 4 aromatic rings. The molecule has 6 rings (SSSR count). The number of benzene rings is 3. The summed E-state index contributed by atoms with van der Waals surface area (Å²) in [5, 5.41) is 5.92. The van der Waals surface area contributed by atoms with Crippen LogP contribution in [0.1, 0.15) is 39.5 Å². The van der Waals surface area contributed by atoms with E-state index in [1.807, 2.05) is 42.5 Å². The maximum atomic E-state index is 14.0. The standard InChI is InChI=1S/C27H18ClFN2O2/c28-19-9-5-17(6-10-19)25-24(16-7-11-20(29)12-8-16)27(33-31-25)14-13-23-21(26(27)32)15-18-3-1-2-4-22(18)30-23/h1-12,15,24H,13-14H2/t24-,27-/m1/s1. The molecule has 6 heteroatoms. The molecular weight excluding hydrogens is 439 g/mol. The molecule has 0 fully saturated rings. The second-order valence-corrected chi connectivity index (χ2v) is 8.89. The lowest BCUT2D eigenvalue weighted by atomic mass is 9.68. The molecule has 0 saturated carbocycles. The number of hydrogen-bond acceptors (Lipinski definition) is 4. The fourth-order valence-corrected chi connectivity index (χ4v) is 5.06. The van der Waals surface area contributed by atoms with Crippen LogP contribution in [0.25, 0.3) is 10.9 Å². The minimum absolute atomic E-state index is 0.149. The molecule has 33 heavy (non-hydrogen) atoms. The highest BCUT2D eigenvalue weighted by molar-refractivity contribution is 6.30. The lowest BCUT2D eigenvalue weighted by Gasteiger charge is -2.35.